The van der Waals surface area contributed by atoms with Gasteiger partial charge in [0.15, 0.2) is 0 Å². The smallest absolute Gasteiger partial charge is 0.293 e. The van der Waals surface area contributed by atoms with Crippen molar-refractivity contribution >= 4 is 6.47 Å². The zero-order chi connectivity index (χ0) is 9.07. The summed E-state index contributed by atoms with van der Waals surface area (Å²) in [6, 6.07) is 0. The van der Waals surface area contributed by atoms with Gasteiger partial charge in [-0.05, 0) is 11.3 Å². The molecule has 2 nitrogen and oxygen atoms in total. The molecule has 0 saturated heterocycles. The number of carbonyl (C=O) groups is 1. The van der Waals surface area contributed by atoms with E-state index in [0.29, 0.717) is 12.4 Å². The first-order valence-corrected chi connectivity index (χ1v) is 3.98. The van der Waals surface area contributed by atoms with Crippen molar-refractivity contribution in [2.45, 2.75) is 40.7 Å². The lowest BCUT2D eigenvalue weighted by molar-refractivity contribution is -0.142. The summed E-state index contributed by atoms with van der Waals surface area (Å²) in [5.74, 6) is 0.375. The molecule has 0 N–H and O–H groups in total. The maximum absolute atomic E-state index is 10.1. The van der Waals surface area contributed by atoms with Crippen molar-refractivity contribution in [2.24, 2.45) is 11.3 Å². The largest absolute Gasteiger partial charge is 0.464 e. The van der Waals surface area contributed by atoms with E-state index in [9.17, 15) is 4.79 Å². The molecule has 1 unspecified atom stereocenters. The highest BCUT2D eigenvalue weighted by Crippen LogP contribution is 2.27. The van der Waals surface area contributed by atoms with Gasteiger partial charge in [-0.25, -0.2) is 0 Å². The van der Waals surface area contributed by atoms with E-state index in [2.05, 4.69) is 34.6 Å². The number of hydrogen-bond donors (Lipinski definition) is 0. The van der Waals surface area contributed by atoms with Gasteiger partial charge >= 0.3 is 0 Å². The number of ether oxygens (including phenoxy) is 1. The molecule has 0 rings (SSSR count). The van der Waals surface area contributed by atoms with E-state index >= 15 is 0 Å². The van der Waals surface area contributed by atoms with E-state index in [1.807, 2.05) is 0 Å². The maximum atomic E-state index is 10.1. The predicted octanol–water partition coefficient (Wildman–Crippen LogP) is 2.23. The molecule has 11 heavy (non-hydrogen) atoms. The third-order valence-electron chi connectivity index (χ3n) is 1.66. The van der Waals surface area contributed by atoms with Gasteiger partial charge in [0, 0.05) is 0 Å². The van der Waals surface area contributed by atoms with Crippen LogP contribution in [0.1, 0.15) is 34.6 Å². The van der Waals surface area contributed by atoms with Gasteiger partial charge in [0.25, 0.3) is 6.47 Å². The fraction of sp³-hybridized carbons (Fsp3) is 0.889. The lowest BCUT2D eigenvalue weighted by Crippen LogP contribution is -2.33. The topological polar surface area (TPSA) is 26.3 Å². The summed E-state index contributed by atoms with van der Waals surface area (Å²) in [4.78, 5) is 10.1. The van der Waals surface area contributed by atoms with Gasteiger partial charge in [-0.15, -0.1) is 0 Å². The lowest BCUT2D eigenvalue weighted by Gasteiger charge is -2.31. The number of rotatable bonds is 3. The Labute approximate surface area is 68.9 Å². The molecular weight excluding hydrogens is 140 g/mol. The molecule has 0 heterocycles. The molecule has 0 aromatic carbocycles. The van der Waals surface area contributed by atoms with Gasteiger partial charge in [-0.3, -0.25) is 4.79 Å². The van der Waals surface area contributed by atoms with Gasteiger partial charge in [0.1, 0.15) is 6.10 Å². The molecule has 66 valence electrons. The molecule has 0 fully saturated rings. The molecule has 0 aromatic rings. The second-order valence-electron chi connectivity index (χ2n) is 4.26. The Balaban J connectivity index is 4.21. The van der Waals surface area contributed by atoms with Gasteiger partial charge in [-0.1, -0.05) is 34.6 Å². The number of carbonyl (C=O) groups excluding carboxylic acids is 1. The second kappa shape index (κ2) is 3.74. The molecule has 0 amide bonds. The minimum Gasteiger partial charge on any atom is -0.464 e. The summed E-state index contributed by atoms with van der Waals surface area (Å²) in [6.07, 6.45) is 0.0139. The van der Waals surface area contributed by atoms with Crippen LogP contribution in [0.3, 0.4) is 0 Å². The third-order valence-corrected chi connectivity index (χ3v) is 1.66. The van der Waals surface area contributed by atoms with E-state index in [1.54, 1.807) is 0 Å². The summed E-state index contributed by atoms with van der Waals surface area (Å²) in [7, 11) is 0. The SMILES string of the molecule is CC(C)C(OC=O)C(C)(C)C. The Morgan fingerprint density at radius 2 is 1.73 bits per heavy atom. The average Bonchev–Trinajstić information content (AvgIpc) is 1.79. The highest BCUT2D eigenvalue weighted by molar-refractivity contribution is 5.37. The van der Waals surface area contributed by atoms with E-state index in [4.69, 9.17) is 4.74 Å². The summed E-state index contributed by atoms with van der Waals surface area (Å²) < 4.78 is 4.99. The summed E-state index contributed by atoms with van der Waals surface area (Å²) in [5.41, 5.74) is 0.0368. The Morgan fingerprint density at radius 1 is 1.27 bits per heavy atom. The fourth-order valence-electron chi connectivity index (χ4n) is 1.42. The minimum atomic E-state index is 0.0139. The van der Waals surface area contributed by atoms with Crippen molar-refractivity contribution in [1.29, 1.82) is 0 Å². The minimum absolute atomic E-state index is 0.0139. The van der Waals surface area contributed by atoms with Crippen molar-refractivity contribution in [3.05, 3.63) is 0 Å². The Morgan fingerprint density at radius 3 is 1.82 bits per heavy atom. The van der Waals surface area contributed by atoms with Crippen LogP contribution in [0.5, 0.6) is 0 Å². The van der Waals surface area contributed by atoms with Crippen LogP contribution in [-0.4, -0.2) is 12.6 Å². The summed E-state index contributed by atoms with van der Waals surface area (Å²) >= 11 is 0. The summed E-state index contributed by atoms with van der Waals surface area (Å²) in [6.45, 7) is 10.9. The zero-order valence-corrected chi connectivity index (χ0v) is 8.05. The molecule has 1 atom stereocenters. The second-order valence-corrected chi connectivity index (χ2v) is 4.26. The molecule has 0 aliphatic heterocycles. The first kappa shape index (κ1) is 10.5. The first-order valence-electron chi connectivity index (χ1n) is 3.98. The van der Waals surface area contributed by atoms with Crippen molar-refractivity contribution in [3.8, 4) is 0 Å². The molecule has 0 spiro atoms. The van der Waals surface area contributed by atoms with Crippen molar-refractivity contribution in [3.63, 3.8) is 0 Å². The van der Waals surface area contributed by atoms with E-state index in [-0.39, 0.29) is 11.5 Å². The van der Waals surface area contributed by atoms with Crippen molar-refractivity contribution in [2.75, 3.05) is 0 Å². The molecular formula is C9H18O2. The van der Waals surface area contributed by atoms with Crippen LogP contribution in [-0.2, 0) is 9.53 Å². The Bertz CT molecular complexity index is 122. The number of hydrogen-bond acceptors (Lipinski definition) is 2. The lowest BCUT2D eigenvalue weighted by atomic mass is 9.83. The van der Waals surface area contributed by atoms with Crippen LogP contribution >= 0.6 is 0 Å². The van der Waals surface area contributed by atoms with Gasteiger partial charge < -0.3 is 4.74 Å². The highest BCUT2D eigenvalue weighted by atomic mass is 16.5. The molecule has 0 aliphatic rings. The van der Waals surface area contributed by atoms with Crippen LogP contribution in [0.2, 0.25) is 0 Å². The monoisotopic (exact) mass is 158 g/mol. The molecule has 0 aliphatic carbocycles. The summed E-state index contributed by atoms with van der Waals surface area (Å²) in [5, 5.41) is 0. The van der Waals surface area contributed by atoms with Crippen LogP contribution < -0.4 is 0 Å². The van der Waals surface area contributed by atoms with Gasteiger partial charge in [0.2, 0.25) is 0 Å². The fourth-order valence-corrected chi connectivity index (χ4v) is 1.42. The van der Waals surface area contributed by atoms with Crippen LogP contribution in [0.4, 0.5) is 0 Å². The van der Waals surface area contributed by atoms with Crippen LogP contribution in [0, 0.1) is 11.3 Å². The standard InChI is InChI=1S/C9H18O2/c1-7(2)8(11-6-10)9(3,4)5/h6-8H,1-5H3. The van der Waals surface area contributed by atoms with Crippen molar-refractivity contribution < 1.29 is 9.53 Å². The first-order chi connectivity index (χ1) is 4.89. The Hall–Kier alpha value is -0.530. The average molecular weight is 158 g/mol. The normalized spacial score (nSPS) is 14.7. The third kappa shape index (κ3) is 3.40. The highest BCUT2D eigenvalue weighted by Gasteiger charge is 2.28. The molecule has 0 aromatic heterocycles. The molecule has 0 radical (unpaired) electrons. The predicted molar refractivity (Wildman–Crippen MR) is 45.2 cm³/mol. The van der Waals surface area contributed by atoms with Crippen LogP contribution in [0.15, 0.2) is 0 Å². The van der Waals surface area contributed by atoms with Crippen LogP contribution in [0.25, 0.3) is 0 Å². The maximum Gasteiger partial charge on any atom is 0.293 e. The molecule has 0 saturated carbocycles. The van der Waals surface area contributed by atoms with E-state index in [1.165, 1.54) is 0 Å². The molecule has 2 heteroatoms. The van der Waals surface area contributed by atoms with Crippen molar-refractivity contribution in [1.82, 2.24) is 0 Å². The Kier molecular flexibility index (Phi) is 3.56. The molecule has 0 bridgehead atoms. The zero-order valence-electron chi connectivity index (χ0n) is 8.05. The van der Waals surface area contributed by atoms with Gasteiger partial charge in [-0.2, -0.15) is 0 Å². The van der Waals surface area contributed by atoms with E-state index < -0.39 is 0 Å². The van der Waals surface area contributed by atoms with Gasteiger partial charge in [0.05, 0.1) is 0 Å². The quantitative estimate of drug-likeness (QED) is 0.589. The van der Waals surface area contributed by atoms with E-state index in [0.717, 1.165) is 0 Å².